The molecule has 3 rings (SSSR count). The van der Waals surface area contributed by atoms with Crippen molar-refractivity contribution in [1.29, 1.82) is 0 Å². The van der Waals surface area contributed by atoms with Crippen LogP contribution in [0, 0.1) is 5.92 Å². The third-order valence-electron chi connectivity index (χ3n) is 4.98. The summed E-state index contributed by atoms with van der Waals surface area (Å²) in [5, 5.41) is 2.82. The van der Waals surface area contributed by atoms with Gasteiger partial charge in [0, 0.05) is 30.3 Å². The minimum Gasteiger partial charge on any atom is -0.366 e. The molecule has 24 heavy (non-hydrogen) atoms. The molecule has 1 aliphatic carbocycles. The predicted molar refractivity (Wildman–Crippen MR) is 90.3 cm³/mol. The van der Waals surface area contributed by atoms with E-state index in [2.05, 4.69) is 5.32 Å². The van der Waals surface area contributed by atoms with Gasteiger partial charge in [-0.25, -0.2) is 0 Å². The standard InChI is InChI=1S/C18H23N3O3/c19-17(23)12-6-8-14(9-7-12)20-18(24)13-10-16(22)21(11-13)15-4-2-1-3-5-15/h6-9,13,15H,1-5,10-11H2,(H2,19,23)(H,20,24)/t13-/m1/s1. The molecule has 0 aromatic heterocycles. The summed E-state index contributed by atoms with van der Waals surface area (Å²) >= 11 is 0. The van der Waals surface area contributed by atoms with Gasteiger partial charge in [-0.2, -0.15) is 0 Å². The molecular formula is C18H23N3O3. The predicted octanol–water partition coefficient (Wildman–Crippen LogP) is 1.91. The zero-order valence-electron chi connectivity index (χ0n) is 13.7. The van der Waals surface area contributed by atoms with E-state index in [1.54, 1.807) is 24.3 Å². The zero-order valence-corrected chi connectivity index (χ0v) is 13.7. The van der Waals surface area contributed by atoms with Crippen LogP contribution in [0.4, 0.5) is 5.69 Å². The number of likely N-dealkylation sites (tertiary alicyclic amines) is 1. The van der Waals surface area contributed by atoms with Crippen LogP contribution in [0.15, 0.2) is 24.3 Å². The molecular weight excluding hydrogens is 306 g/mol. The molecule has 1 saturated carbocycles. The lowest BCUT2D eigenvalue weighted by Crippen LogP contribution is -2.38. The highest BCUT2D eigenvalue weighted by molar-refractivity contribution is 5.98. The molecule has 0 unspecified atom stereocenters. The van der Waals surface area contributed by atoms with Gasteiger partial charge in [-0.15, -0.1) is 0 Å². The van der Waals surface area contributed by atoms with Gasteiger partial charge in [0.2, 0.25) is 17.7 Å². The molecule has 1 heterocycles. The molecule has 2 fully saturated rings. The van der Waals surface area contributed by atoms with Gasteiger partial charge in [0.25, 0.3) is 0 Å². The first-order valence-electron chi connectivity index (χ1n) is 8.55. The number of anilines is 1. The molecule has 1 aromatic carbocycles. The van der Waals surface area contributed by atoms with Crippen LogP contribution in [-0.4, -0.2) is 35.2 Å². The van der Waals surface area contributed by atoms with E-state index in [1.165, 1.54) is 6.42 Å². The largest absolute Gasteiger partial charge is 0.366 e. The lowest BCUT2D eigenvalue weighted by Gasteiger charge is -2.31. The SMILES string of the molecule is NC(=O)c1ccc(NC(=O)[C@@H]2CC(=O)N(C3CCCCC3)C2)cc1. The van der Waals surface area contributed by atoms with Crippen LogP contribution < -0.4 is 11.1 Å². The molecule has 1 aliphatic heterocycles. The minimum absolute atomic E-state index is 0.0890. The van der Waals surface area contributed by atoms with E-state index in [0.717, 1.165) is 25.7 Å². The molecule has 6 heteroatoms. The summed E-state index contributed by atoms with van der Waals surface area (Å²) in [5.41, 5.74) is 6.20. The van der Waals surface area contributed by atoms with Crippen LogP contribution in [0.1, 0.15) is 48.9 Å². The molecule has 1 aromatic rings. The lowest BCUT2D eigenvalue weighted by atomic mass is 9.94. The number of carbonyl (C=O) groups is 3. The molecule has 0 radical (unpaired) electrons. The maximum atomic E-state index is 12.4. The smallest absolute Gasteiger partial charge is 0.248 e. The lowest BCUT2D eigenvalue weighted by molar-refractivity contribution is -0.130. The van der Waals surface area contributed by atoms with E-state index < -0.39 is 5.91 Å². The average molecular weight is 329 g/mol. The highest BCUT2D eigenvalue weighted by Gasteiger charge is 2.38. The van der Waals surface area contributed by atoms with Gasteiger partial charge < -0.3 is 16.0 Å². The first kappa shape index (κ1) is 16.5. The van der Waals surface area contributed by atoms with Crippen molar-refractivity contribution in [2.45, 2.75) is 44.6 Å². The van der Waals surface area contributed by atoms with Crippen LogP contribution >= 0.6 is 0 Å². The van der Waals surface area contributed by atoms with Crippen molar-refractivity contribution in [2.75, 3.05) is 11.9 Å². The Balaban J connectivity index is 1.59. The highest BCUT2D eigenvalue weighted by atomic mass is 16.2. The van der Waals surface area contributed by atoms with E-state index in [0.29, 0.717) is 23.8 Å². The summed E-state index contributed by atoms with van der Waals surface area (Å²) in [5.74, 6) is -0.868. The first-order chi connectivity index (χ1) is 11.5. The van der Waals surface area contributed by atoms with Crippen molar-refractivity contribution in [2.24, 2.45) is 11.7 Å². The molecule has 1 saturated heterocycles. The van der Waals surface area contributed by atoms with E-state index in [4.69, 9.17) is 5.73 Å². The number of amides is 3. The Kier molecular flexibility index (Phi) is 4.83. The maximum Gasteiger partial charge on any atom is 0.248 e. The Bertz CT molecular complexity index is 635. The number of nitrogens with zero attached hydrogens (tertiary/aromatic N) is 1. The average Bonchev–Trinajstić information content (AvgIpc) is 2.98. The summed E-state index contributed by atoms with van der Waals surface area (Å²) < 4.78 is 0. The fourth-order valence-corrected chi connectivity index (χ4v) is 3.62. The maximum absolute atomic E-state index is 12.4. The van der Waals surface area contributed by atoms with Crippen molar-refractivity contribution in [3.05, 3.63) is 29.8 Å². The Morgan fingerprint density at radius 2 is 1.75 bits per heavy atom. The number of hydrogen-bond donors (Lipinski definition) is 2. The molecule has 0 spiro atoms. The van der Waals surface area contributed by atoms with Crippen molar-refractivity contribution in [3.63, 3.8) is 0 Å². The molecule has 6 nitrogen and oxygen atoms in total. The second-order valence-electron chi connectivity index (χ2n) is 6.67. The quantitative estimate of drug-likeness (QED) is 0.883. The van der Waals surface area contributed by atoms with Gasteiger partial charge in [-0.1, -0.05) is 19.3 Å². The second kappa shape index (κ2) is 7.03. The first-order valence-corrected chi connectivity index (χ1v) is 8.55. The molecule has 3 N–H and O–H groups in total. The fraction of sp³-hybridized carbons (Fsp3) is 0.500. The van der Waals surface area contributed by atoms with E-state index >= 15 is 0 Å². The summed E-state index contributed by atoms with van der Waals surface area (Å²) in [4.78, 5) is 37.6. The van der Waals surface area contributed by atoms with Crippen molar-refractivity contribution in [1.82, 2.24) is 4.90 Å². The number of rotatable bonds is 4. The summed E-state index contributed by atoms with van der Waals surface area (Å²) in [6, 6.07) is 6.75. The van der Waals surface area contributed by atoms with Gasteiger partial charge in [-0.05, 0) is 37.1 Å². The van der Waals surface area contributed by atoms with E-state index in [1.807, 2.05) is 4.90 Å². The van der Waals surface area contributed by atoms with Gasteiger partial charge in [-0.3, -0.25) is 14.4 Å². The van der Waals surface area contributed by atoms with Crippen LogP contribution in [0.5, 0.6) is 0 Å². The molecule has 2 aliphatic rings. The monoisotopic (exact) mass is 329 g/mol. The van der Waals surface area contributed by atoms with Crippen LogP contribution in [-0.2, 0) is 9.59 Å². The van der Waals surface area contributed by atoms with Crippen molar-refractivity contribution >= 4 is 23.4 Å². The highest BCUT2D eigenvalue weighted by Crippen LogP contribution is 2.29. The summed E-state index contributed by atoms with van der Waals surface area (Å²) in [6.07, 6.45) is 5.95. The van der Waals surface area contributed by atoms with Gasteiger partial charge >= 0.3 is 0 Å². The van der Waals surface area contributed by atoms with Gasteiger partial charge in [0.05, 0.1) is 5.92 Å². The van der Waals surface area contributed by atoms with Crippen molar-refractivity contribution < 1.29 is 14.4 Å². The second-order valence-corrected chi connectivity index (χ2v) is 6.67. The molecule has 3 amide bonds. The minimum atomic E-state index is -0.502. The van der Waals surface area contributed by atoms with E-state index in [-0.39, 0.29) is 24.2 Å². The third-order valence-corrected chi connectivity index (χ3v) is 4.98. The van der Waals surface area contributed by atoms with Crippen LogP contribution in [0.2, 0.25) is 0 Å². The Labute approximate surface area is 141 Å². The number of primary amides is 1. The van der Waals surface area contributed by atoms with Crippen LogP contribution in [0.25, 0.3) is 0 Å². The Morgan fingerprint density at radius 1 is 1.08 bits per heavy atom. The number of benzene rings is 1. The molecule has 128 valence electrons. The third kappa shape index (κ3) is 3.58. The Morgan fingerprint density at radius 3 is 2.38 bits per heavy atom. The summed E-state index contributed by atoms with van der Waals surface area (Å²) in [6.45, 7) is 0.509. The number of carbonyl (C=O) groups excluding carboxylic acids is 3. The van der Waals surface area contributed by atoms with Gasteiger partial charge in [0.15, 0.2) is 0 Å². The number of nitrogens with two attached hydrogens (primary N) is 1. The molecule has 1 atom stereocenters. The number of nitrogens with one attached hydrogen (secondary N) is 1. The fourth-order valence-electron chi connectivity index (χ4n) is 3.62. The normalized spacial score (nSPS) is 21.8. The Hall–Kier alpha value is -2.37. The number of hydrogen-bond acceptors (Lipinski definition) is 3. The van der Waals surface area contributed by atoms with E-state index in [9.17, 15) is 14.4 Å². The van der Waals surface area contributed by atoms with Crippen LogP contribution in [0.3, 0.4) is 0 Å². The summed E-state index contributed by atoms with van der Waals surface area (Å²) in [7, 11) is 0. The topological polar surface area (TPSA) is 92.5 Å². The van der Waals surface area contributed by atoms with Crippen molar-refractivity contribution in [3.8, 4) is 0 Å². The molecule has 0 bridgehead atoms. The van der Waals surface area contributed by atoms with Gasteiger partial charge in [0.1, 0.15) is 0 Å². The zero-order chi connectivity index (χ0) is 17.1.